The number of anilines is 2. The Morgan fingerprint density at radius 1 is 0.688 bits per heavy atom. The van der Waals surface area contributed by atoms with Crippen LogP contribution in [0.1, 0.15) is 20.7 Å². The third-order valence-corrected chi connectivity index (χ3v) is 7.42. The molecule has 4 rings (SSSR count). The van der Waals surface area contributed by atoms with Crippen molar-refractivity contribution in [2.24, 2.45) is 0 Å². The molecule has 0 fully saturated rings. The van der Waals surface area contributed by atoms with E-state index in [9.17, 15) is 9.59 Å². The van der Waals surface area contributed by atoms with Gasteiger partial charge in [0.15, 0.2) is 10.3 Å². The Morgan fingerprint density at radius 3 is 1.41 bits per heavy atom. The Hall–Kier alpha value is -2.66. The molecule has 0 bridgehead atoms. The first-order chi connectivity index (χ1) is 15.6. The van der Waals surface area contributed by atoms with Crippen molar-refractivity contribution in [3.63, 3.8) is 0 Å². The maximum absolute atomic E-state index is 12.4. The topological polar surface area (TPSA) is 84.0 Å². The SMILES string of the molecule is CSc1ccc(C(=O)Nc2nc(-c3csc(NC(=O)c4ccc(SC)cc4)n3)cs2)cc1. The predicted octanol–water partition coefficient (Wildman–Crippen LogP) is 6.22. The summed E-state index contributed by atoms with van der Waals surface area (Å²) in [6.07, 6.45) is 3.98. The quantitative estimate of drug-likeness (QED) is 0.295. The van der Waals surface area contributed by atoms with Crippen molar-refractivity contribution in [3.05, 3.63) is 70.4 Å². The van der Waals surface area contributed by atoms with Crippen LogP contribution in [-0.2, 0) is 0 Å². The van der Waals surface area contributed by atoms with Gasteiger partial charge in [-0.25, -0.2) is 9.97 Å². The maximum atomic E-state index is 12.4. The lowest BCUT2D eigenvalue weighted by Crippen LogP contribution is -2.11. The molecule has 0 atom stereocenters. The van der Waals surface area contributed by atoms with Gasteiger partial charge >= 0.3 is 0 Å². The van der Waals surface area contributed by atoms with Crippen LogP contribution in [0.25, 0.3) is 11.4 Å². The minimum absolute atomic E-state index is 0.211. The summed E-state index contributed by atoms with van der Waals surface area (Å²) in [4.78, 5) is 36.0. The number of nitrogens with one attached hydrogen (secondary N) is 2. The summed E-state index contributed by atoms with van der Waals surface area (Å²) < 4.78 is 0. The van der Waals surface area contributed by atoms with Crippen molar-refractivity contribution in [1.29, 1.82) is 0 Å². The van der Waals surface area contributed by atoms with Gasteiger partial charge in [-0.3, -0.25) is 20.2 Å². The first-order valence-corrected chi connectivity index (χ1v) is 13.6. The van der Waals surface area contributed by atoms with Crippen molar-refractivity contribution >= 4 is 68.3 Å². The number of hydrogen-bond acceptors (Lipinski definition) is 8. The van der Waals surface area contributed by atoms with Crippen molar-refractivity contribution in [1.82, 2.24) is 9.97 Å². The van der Waals surface area contributed by atoms with E-state index in [0.29, 0.717) is 32.8 Å². The number of benzene rings is 2. The number of thioether (sulfide) groups is 2. The number of amides is 2. The first kappa shape index (κ1) is 22.5. The van der Waals surface area contributed by atoms with Crippen LogP contribution < -0.4 is 10.6 Å². The van der Waals surface area contributed by atoms with Crippen LogP contribution in [-0.4, -0.2) is 34.3 Å². The number of thiazole rings is 2. The zero-order chi connectivity index (χ0) is 22.5. The largest absolute Gasteiger partial charge is 0.298 e. The summed E-state index contributed by atoms with van der Waals surface area (Å²) in [5.41, 5.74) is 2.43. The molecule has 0 unspecified atom stereocenters. The number of carbonyl (C=O) groups is 2. The van der Waals surface area contributed by atoms with Gasteiger partial charge < -0.3 is 0 Å². The van der Waals surface area contributed by atoms with Crippen molar-refractivity contribution in [3.8, 4) is 11.4 Å². The molecule has 162 valence electrons. The van der Waals surface area contributed by atoms with Crippen LogP contribution in [0.3, 0.4) is 0 Å². The van der Waals surface area contributed by atoms with Gasteiger partial charge in [0.05, 0.1) is 0 Å². The average Bonchev–Trinajstić information content (AvgIpc) is 3.48. The highest BCUT2D eigenvalue weighted by Gasteiger charge is 2.14. The van der Waals surface area contributed by atoms with Crippen LogP contribution >= 0.6 is 46.2 Å². The lowest BCUT2D eigenvalue weighted by atomic mass is 10.2. The molecule has 2 aromatic heterocycles. The van der Waals surface area contributed by atoms with E-state index in [1.165, 1.54) is 22.7 Å². The van der Waals surface area contributed by atoms with Crippen LogP contribution in [0.5, 0.6) is 0 Å². The average molecular weight is 499 g/mol. The number of aromatic nitrogens is 2. The summed E-state index contributed by atoms with van der Waals surface area (Å²) in [5, 5.41) is 10.3. The molecule has 4 aromatic rings. The fourth-order valence-electron chi connectivity index (χ4n) is 2.72. The van der Waals surface area contributed by atoms with Gasteiger partial charge in [-0.2, -0.15) is 0 Å². The van der Waals surface area contributed by atoms with Crippen molar-refractivity contribution < 1.29 is 9.59 Å². The van der Waals surface area contributed by atoms with Gasteiger partial charge in [0, 0.05) is 31.7 Å². The highest BCUT2D eigenvalue weighted by atomic mass is 32.2. The minimum Gasteiger partial charge on any atom is -0.298 e. The molecule has 0 aliphatic rings. The second-order valence-electron chi connectivity index (χ2n) is 6.44. The molecule has 6 nitrogen and oxygen atoms in total. The molecule has 0 radical (unpaired) electrons. The first-order valence-electron chi connectivity index (χ1n) is 9.38. The summed E-state index contributed by atoms with van der Waals surface area (Å²) in [7, 11) is 0. The molecule has 2 heterocycles. The third kappa shape index (κ3) is 5.39. The summed E-state index contributed by atoms with van der Waals surface area (Å²) in [5.74, 6) is -0.422. The van der Waals surface area contributed by atoms with Gasteiger partial charge in [0.25, 0.3) is 11.8 Å². The Morgan fingerprint density at radius 2 is 1.06 bits per heavy atom. The molecule has 2 amide bonds. The summed E-state index contributed by atoms with van der Waals surface area (Å²) in [6, 6.07) is 14.8. The van der Waals surface area contributed by atoms with E-state index in [0.717, 1.165) is 9.79 Å². The van der Waals surface area contributed by atoms with Gasteiger partial charge in [0.1, 0.15) is 11.4 Å². The Balaban J connectivity index is 1.40. The third-order valence-electron chi connectivity index (χ3n) is 4.42. The Kier molecular flexibility index (Phi) is 7.26. The summed E-state index contributed by atoms with van der Waals surface area (Å²) >= 11 is 5.90. The number of nitrogens with zero attached hydrogens (tertiary/aromatic N) is 2. The number of rotatable bonds is 7. The normalized spacial score (nSPS) is 10.7. The van der Waals surface area contributed by atoms with E-state index in [-0.39, 0.29) is 11.8 Å². The van der Waals surface area contributed by atoms with Crippen LogP contribution in [0.2, 0.25) is 0 Å². The van der Waals surface area contributed by atoms with Gasteiger partial charge in [-0.15, -0.1) is 46.2 Å². The fraction of sp³-hybridized carbons (Fsp3) is 0.0909. The predicted molar refractivity (Wildman–Crippen MR) is 136 cm³/mol. The van der Waals surface area contributed by atoms with Crippen molar-refractivity contribution in [2.75, 3.05) is 23.1 Å². The molecule has 2 N–H and O–H groups in total. The van der Waals surface area contributed by atoms with Gasteiger partial charge in [-0.1, -0.05) is 0 Å². The fourth-order valence-corrected chi connectivity index (χ4v) is 4.94. The zero-order valence-electron chi connectivity index (χ0n) is 17.1. The van der Waals surface area contributed by atoms with Crippen molar-refractivity contribution in [2.45, 2.75) is 9.79 Å². The molecule has 2 aromatic carbocycles. The minimum atomic E-state index is -0.211. The monoisotopic (exact) mass is 498 g/mol. The molecule has 0 saturated heterocycles. The van der Waals surface area contributed by atoms with E-state index in [2.05, 4.69) is 20.6 Å². The van der Waals surface area contributed by atoms with Gasteiger partial charge in [0.2, 0.25) is 0 Å². The van der Waals surface area contributed by atoms with E-state index < -0.39 is 0 Å². The smallest absolute Gasteiger partial charge is 0.257 e. The van der Waals surface area contributed by atoms with Crippen LogP contribution in [0.15, 0.2) is 69.1 Å². The molecule has 32 heavy (non-hydrogen) atoms. The van der Waals surface area contributed by atoms with E-state index in [1.54, 1.807) is 47.8 Å². The van der Waals surface area contributed by atoms with E-state index >= 15 is 0 Å². The molecular weight excluding hydrogens is 481 g/mol. The molecule has 0 saturated carbocycles. The molecule has 0 aliphatic heterocycles. The molecule has 0 spiro atoms. The zero-order valence-corrected chi connectivity index (χ0v) is 20.4. The Labute approximate surface area is 201 Å². The molecule has 0 aliphatic carbocycles. The lowest BCUT2D eigenvalue weighted by Gasteiger charge is -2.03. The second-order valence-corrected chi connectivity index (χ2v) is 9.92. The Bertz CT molecular complexity index is 1140. The summed E-state index contributed by atoms with van der Waals surface area (Å²) in [6.45, 7) is 0. The van der Waals surface area contributed by atoms with E-state index in [1.807, 2.05) is 47.5 Å². The standard InChI is InChI=1S/C22H18N4O2S4/c1-29-15-7-3-13(4-8-15)19(27)25-21-23-17(11-31-21)18-12-32-22(24-18)26-20(28)14-5-9-16(30-2)10-6-14/h3-12H,1-2H3,(H,23,25,27)(H,24,26,28). The highest BCUT2D eigenvalue weighted by Crippen LogP contribution is 2.29. The van der Waals surface area contributed by atoms with Gasteiger partial charge in [-0.05, 0) is 61.0 Å². The number of carbonyl (C=O) groups excluding carboxylic acids is 2. The second kappa shape index (κ2) is 10.3. The maximum Gasteiger partial charge on any atom is 0.257 e. The highest BCUT2D eigenvalue weighted by molar-refractivity contribution is 7.98. The number of hydrogen-bond donors (Lipinski definition) is 2. The van der Waals surface area contributed by atoms with Crippen LogP contribution in [0, 0.1) is 0 Å². The van der Waals surface area contributed by atoms with Crippen LogP contribution in [0.4, 0.5) is 10.3 Å². The molecular formula is C22H18N4O2S4. The van der Waals surface area contributed by atoms with E-state index in [4.69, 9.17) is 0 Å². The molecule has 10 heteroatoms. The lowest BCUT2D eigenvalue weighted by molar-refractivity contribution is 0.101.